The molecular formula is C27H34N2O4. The number of nitrogens with zero attached hydrogens (tertiary/aromatic N) is 2. The van der Waals surface area contributed by atoms with Gasteiger partial charge in [0, 0.05) is 50.6 Å². The monoisotopic (exact) mass is 450 g/mol. The molecule has 3 unspecified atom stereocenters. The van der Waals surface area contributed by atoms with Crippen molar-refractivity contribution in [2.45, 2.75) is 43.7 Å². The maximum Gasteiger partial charge on any atom is 0.308 e. The molecule has 1 heterocycles. The van der Waals surface area contributed by atoms with Gasteiger partial charge in [-0.2, -0.15) is 0 Å². The number of hydrogen-bond donors (Lipinski definition) is 0. The molecule has 2 aromatic carbocycles. The van der Waals surface area contributed by atoms with Gasteiger partial charge in [-0.05, 0) is 62.7 Å². The molecule has 1 saturated carbocycles. The highest BCUT2D eigenvalue weighted by atomic mass is 16.5. The fourth-order valence-corrected chi connectivity index (χ4v) is 5.86. The van der Waals surface area contributed by atoms with E-state index in [1.807, 2.05) is 60.5 Å². The molecule has 0 radical (unpaired) electrons. The van der Waals surface area contributed by atoms with E-state index < -0.39 is 0 Å². The SMILES string of the molecule is COC1C[C@H](N(C)C(=O)c2ccccc2)CC2(c3cccc(OC(C)=O)c3)CCN(C)CC12. The van der Waals surface area contributed by atoms with Crippen LogP contribution in [-0.4, -0.2) is 68.1 Å². The van der Waals surface area contributed by atoms with Crippen LogP contribution in [0.15, 0.2) is 54.6 Å². The highest BCUT2D eigenvalue weighted by Crippen LogP contribution is 2.51. The molecule has 0 bridgehead atoms. The van der Waals surface area contributed by atoms with Gasteiger partial charge in [-0.3, -0.25) is 9.59 Å². The van der Waals surface area contributed by atoms with Crippen molar-refractivity contribution in [3.63, 3.8) is 0 Å². The molecule has 1 aliphatic heterocycles. The van der Waals surface area contributed by atoms with Gasteiger partial charge in [-0.25, -0.2) is 0 Å². The van der Waals surface area contributed by atoms with Gasteiger partial charge in [0.1, 0.15) is 5.75 Å². The van der Waals surface area contributed by atoms with E-state index in [0.29, 0.717) is 11.3 Å². The average molecular weight is 451 g/mol. The maximum absolute atomic E-state index is 13.3. The number of fused-ring (bicyclic) bond motifs is 1. The normalized spacial score (nSPS) is 27.5. The van der Waals surface area contributed by atoms with Crippen LogP contribution in [0, 0.1) is 5.92 Å². The van der Waals surface area contributed by atoms with Crippen molar-refractivity contribution < 1.29 is 19.1 Å². The molecule has 4 rings (SSSR count). The molecule has 2 fully saturated rings. The lowest BCUT2D eigenvalue weighted by molar-refractivity contribution is -0.131. The van der Waals surface area contributed by atoms with Crippen molar-refractivity contribution in [2.75, 3.05) is 34.3 Å². The molecule has 2 aliphatic rings. The van der Waals surface area contributed by atoms with E-state index in [2.05, 4.69) is 18.0 Å². The molecule has 1 amide bonds. The topological polar surface area (TPSA) is 59.1 Å². The maximum atomic E-state index is 13.3. The number of likely N-dealkylation sites (tertiary alicyclic amines) is 1. The van der Waals surface area contributed by atoms with Crippen LogP contribution in [0.2, 0.25) is 0 Å². The molecule has 1 aliphatic carbocycles. The average Bonchev–Trinajstić information content (AvgIpc) is 2.82. The van der Waals surface area contributed by atoms with Crippen molar-refractivity contribution in [2.24, 2.45) is 5.92 Å². The third-order valence-corrected chi connectivity index (χ3v) is 7.57. The molecule has 2 aromatic rings. The molecule has 6 heteroatoms. The van der Waals surface area contributed by atoms with Gasteiger partial charge in [0.05, 0.1) is 6.10 Å². The van der Waals surface area contributed by atoms with E-state index in [9.17, 15) is 9.59 Å². The summed E-state index contributed by atoms with van der Waals surface area (Å²) in [6, 6.07) is 17.4. The Balaban J connectivity index is 1.72. The Morgan fingerprint density at radius 2 is 1.88 bits per heavy atom. The smallest absolute Gasteiger partial charge is 0.308 e. The minimum atomic E-state index is -0.325. The van der Waals surface area contributed by atoms with Crippen LogP contribution in [0.5, 0.6) is 5.75 Å². The van der Waals surface area contributed by atoms with Gasteiger partial charge >= 0.3 is 5.97 Å². The fourth-order valence-electron chi connectivity index (χ4n) is 5.86. The zero-order valence-corrected chi connectivity index (χ0v) is 20.0. The van der Waals surface area contributed by atoms with Crippen LogP contribution >= 0.6 is 0 Å². The Labute approximate surface area is 196 Å². The Morgan fingerprint density at radius 1 is 1.12 bits per heavy atom. The number of esters is 1. The lowest BCUT2D eigenvalue weighted by atomic mass is 9.56. The predicted octanol–water partition coefficient (Wildman–Crippen LogP) is 3.75. The number of piperidine rings is 1. The largest absolute Gasteiger partial charge is 0.427 e. The third kappa shape index (κ3) is 4.68. The first kappa shape index (κ1) is 23.5. The van der Waals surface area contributed by atoms with Gasteiger partial charge in [0.2, 0.25) is 0 Å². The Morgan fingerprint density at radius 3 is 2.58 bits per heavy atom. The molecule has 0 spiro atoms. The van der Waals surface area contributed by atoms with Crippen molar-refractivity contribution in [1.82, 2.24) is 9.80 Å². The van der Waals surface area contributed by atoms with Crippen LogP contribution in [-0.2, 0) is 14.9 Å². The summed E-state index contributed by atoms with van der Waals surface area (Å²) in [5.74, 6) is 0.557. The number of amides is 1. The summed E-state index contributed by atoms with van der Waals surface area (Å²) >= 11 is 0. The zero-order chi connectivity index (χ0) is 23.6. The number of hydrogen-bond acceptors (Lipinski definition) is 5. The van der Waals surface area contributed by atoms with Crippen molar-refractivity contribution in [1.29, 1.82) is 0 Å². The van der Waals surface area contributed by atoms with E-state index in [1.165, 1.54) is 6.92 Å². The quantitative estimate of drug-likeness (QED) is 0.513. The second-order valence-electron chi connectivity index (χ2n) is 9.55. The zero-order valence-electron chi connectivity index (χ0n) is 20.0. The van der Waals surface area contributed by atoms with Crippen LogP contribution in [0.1, 0.15) is 42.1 Å². The van der Waals surface area contributed by atoms with E-state index in [-0.39, 0.29) is 35.4 Å². The van der Waals surface area contributed by atoms with E-state index in [0.717, 1.165) is 37.9 Å². The summed E-state index contributed by atoms with van der Waals surface area (Å²) in [7, 11) is 5.84. The molecule has 33 heavy (non-hydrogen) atoms. The predicted molar refractivity (Wildman–Crippen MR) is 127 cm³/mol. The molecule has 6 nitrogen and oxygen atoms in total. The highest BCUT2D eigenvalue weighted by Gasteiger charge is 2.53. The molecule has 0 aromatic heterocycles. The van der Waals surface area contributed by atoms with Gasteiger partial charge < -0.3 is 19.3 Å². The second-order valence-corrected chi connectivity index (χ2v) is 9.55. The van der Waals surface area contributed by atoms with Crippen LogP contribution in [0.25, 0.3) is 0 Å². The summed E-state index contributed by atoms with van der Waals surface area (Å²) in [6.07, 6.45) is 2.64. The lowest BCUT2D eigenvalue weighted by Gasteiger charge is -2.56. The van der Waals surface area contributed by atoms with Crippen LogP contribution < -0.4 is 4.74 Å². The Hall–Kier alpha value is -2.70. The molecule has 176 valence electrons. The second kappa shape index (κ2) is 9.65. The minimum Gasteiger partial charge on any atom is -0.427 e. The van der Waals surface area contributed by atoms with Gasteiger partial charge in [-0.15, -0.1) is 0 Å². The van der Waals surface area contributed by atoms with Gasteiger partial charge in [0.25, 0.3) is 5.91 Å². The first-order valence-electron chi connectivity index (χ1n) is 11.7. The highest BCUT2D eigenvalue weighted by molar-refractivity contribution is 5.94. The number of benzene rings is 2. The fraction of sp³-hybridized carbons (Fsp3) is 0.481. The van der Waals surface area contributed by atoms with Crippen LogP contribution in [0.3, 0.4) is 0 Å². The Bertz CT molecular complexity index is 995. The van der Waals surface area contributed by atoms with Crippen LogP contribution in [0.4, 0.5) is 0 Å². The number of rotatable bonds is 5. The molecule has 0 N–H and O–H groups in total. The number of carbonyl (C=O) groups is 2. The Kier molecular flexibility index (Phi) is 6.86. The first-order chi connectivity index (χ1) is 15.8. The number of carbonyl (C=O) groups excluding carboxylic acids is 2. The number of methoxy groups -OCH3 is 1. The van der Waals surface area contributed by atoms with E-state index in [1.54, 1.807) is 7.11 Å². The summed E-state index contributed by atoms with van der Waals surface area (Å²) < 4.78 is 11.5. The van der Waals surface area contributed by atoms with Crippen molar-refractivity contribution in [3.05, 3.63) is 65.7 Å². The summed E-state index contributed by atoms with van der Waals surface area (Å²) in [4.78, 5) is 29.1. The molecular weight excluding hydrogens is 416 g/mol. The molecule has 1 saturated heterocycles. The standard InChI is InChI=1S/C27H34N2O4/c1-19(30)33-23-12-8-11-21(15-23)27-13-14-28(2)18-24(27)25(32-4)16-22(17-27)29(3)26(31)20-9-6-5-7-10-20/h5-12,15,22,24-25H,13-14,16-18H2,1-4H3/t22-,24?,25?,27?/m0/s1. The molecule has 4 atom stereocenters. The summed E-state index contributed by atoms with van der Waals surface area (Å²) in [5.41, 5.74) is 1.69. The first-order valence-corrected chi connectivity index (χ1v) is 11.7. The van der Waals surface area contributed by atoms with E-state index >= 15 is 0 Å². The number of ether oxygens (including phenoxy) is 2. The lowest BCUT2D eigenvalue weighted by Crippen LogP contribution is -2.61. The van der Waals surface area contributed by atoms with Crippen molar-refractivity contribution >= 4 is 11.9 Å². The van der Waals surface area contributed by atoms with Crippen molar-refractivity contribution in [3.8, 4) is 5.75 Å². The van der Waals surface area contributed by atoms with Gasteiger partial charge in [0.15, 0.2) is 0 Å². The van der Waals surface area contributed by atoms with Gasteiger partial charge in [-0.1, -0.05) is 30.3 Å². The summed E-state index contributed by atoms with van der Waals surface area (Å²) in [6.45, 7) is 3.32. The minimum absolute atomic E-state index is 0.0231. The third-order valence-electron chi connectivity index (χ3n) is 7.57. The summed E-state index contributed by atoms with van der Waals surface area (Å²) in [5, 5.41) is 0. The van der Waals surface area contributed by atoms with E-state index in [4.69, 9.17) is 9.47 Å².